The predicted molar refractivity (Wildman–Crippen MR) is 146 cm³/mol. The summed E-state index contributed by atoms with van der Waals surface area (Å²) in [7, 11) is 0. The molecule has 6 fully saturated rings. The van der Waals surface area contributed by atoms with Gasteiger partial charge < -0.3 is 20.7 Å². The summed E-state index contributed by atoms with van der Waals surface area (Å²) in [5.74, 6) is 4.47. The molecule has 36 heavy (non-hydrogen) atoms. The number of hydrogen-bond acceptors (Lipinski definition) is 5. The van der Waals surface area contributed by atoms with Crippen LogP contribution in [0, 0.1) is 29.6 Å². The Bertz CT molecular complexity index is 825. The largest absolute Gasteiger partial charge is 0.477 e. The molecule has 9 heteroatoms. The van der Waals surface area contributed by atoms with Crippen LogP contribution in [-0.2, 0) is 6.54 Å². The lowest BCUT2D eigenvalue weighted by Crippen LogP contribution is -2.55. The van der Waals surface area contributed by atoms with E-state index in [2.05, 4.69) is 21.0 Å². The zero-order valence-corrected chi connectivity index (χ0v) is 23.1. The molecule has 3 N–H and O–H groups in total. The molecule has 2 heterocycles. The van der Waals surface area contributed by atoms with Crippen LogP contribution in [0.15, 0.2) is 6.20 Å². The standard InChI is InChI=1S/C27H43N5O2.2ClH/c33-26(31-25-21-11-19-10-20(13-21)14-22(25)12-19)24-16-30-32(9-8-29-23-6-7-28-15-23)27(24)34-17-18-4-2-1-3-5-18;;/h16,18-23,25,28-29H,1-15,17H2,(H,31,33);2*1H. The Hall–Kier alpha value is -1.02. The highest BCUT2D eigenvalue weighted by molar-refractivity contribution is 5.96. The van der Waals surface area contributed by atoms with E-state index in [9.17, 15) is 4.79 Å². The first-order chi connectivity index (χ1) is 16.7. The van der Waals surface area contributed by atoms with Crippen LogP contribution in [-0.4, -0.2) is 54.0 Å². The fourth-order valence-electron chi connectivity index (χ4n) is 7.99. The predicted octanol–water partition coefficient (Wildman–Crippen LogP) is 4.19. The molecule has 0 aromatic carbocycles. The van der Waals surface area contributed by atoms with Gasteiger partial charge in [0.15, 0.2) is 0 Å². The molecule has 1 aromatic heterocycles. The van der Waals surface area contributed by atoms with Crippen molar-refractivity contribution < 1.29 is 9.53 Å². The van der Waals surface area contributed by atoms with Crippen LogP contribution in [0.3, 0.4) is 0 Å². The molecular weight excluding hydrogens is 497 g/mol. The van der Waals surface area contributed by atoms with Gasteiger partial charge in [0.1, 0.15) is 5.56 Å². The third-order valence-corrected chi connectivity index (χ3v) is 9.56. The molecule has 7 rings (SSSR count). The number of nitrogens with one attached hydrogen (secondary N) is 3. The fraction of sp³-hybridized carbons (Fsp3) is 0.852. The van der Waals surface area contributed by atoms with E-state index < -0.39 is 0 Å². The number of amides is 1. The lowest BCUT2D eigenvalue weighted by Gasteiger charge is -2.54. The second-order valence-corrected chi connectivity index (χ2v) is 12.0. The van der Waals surface area contributed by atoms with Gasteiger partial charge in [-0.2, -0.15) is 5.10 Å². The Morgan fingerprint density at radius 1 is 1.03 bits per heavy atom. The molecule has 7 nitrogen and oxygen atoms in total. The van der Waals surface area contributed by atoms with Gasteiger partial charge in [0, 0.05) is 25.2 Å². The number of ether oxygens (including phenoxy) is 1. The van der Waals surface area contributed by atoms with Crippen molar-refractivity contribution in [1.29, 1.82) is 0 Å². The van der Waals surface area contributed by atoms with Gasteiger partial charge in [-0.15, -0.1) is 24.8 Å². The maximum atomic E-state index is 13.5. The molecule has 6 aliphatic rings. The molecule has 4 bridgehead atoms. The minimum atomic E-state index is 0. The highest BCUT2D eigenvalue weighted by Crippen LogP contribution is 2.53. The molecule has 1 unspecified atom stereocenters. The highest BCUT2D eigenvalue weighted by Gasteiger charge is 2.48. The quantitative estimate of drug-likeness (QED) is 0.436. The monoisotopic (exact) mass is 541 g/mol. The van der Waals surface area contributed by atoms with Gasteiger partial charge >= 0.3 is 0 Å². The van der Waals surface area contributed by atoms with Crippen molar-refractivity contribution in [1.82, 2.24) is 25.7 Å². The molecular formula is C27H45Cl2N5O2. The number of aromatic nitrogens is 2. The molecule has 204 valence electrons. The molecule has 0 spiro atoms. The van der Waals surface area contributed by atoms with E-state index >= 15 is 0 Å². The summed E-state index contributed by atoms with van der Waals surface area (Å²) in [5.41, 5.74) is 0.632. The number of nitrogens with zero attached hydrogens (tertiary/aromatic N) is 2. The smallest absolute Gasteiger partial charge is 0.258 e. The fourth-order valence-corrected chi connectivity index (χ4v) is 7.99. The van der Waals surface area contributed by atoms with Gasteiger partial charge in [-0.3, -0.25) is 4.79 Å². The zero-order chi connectivity index (χ0) is 22.9. The van der Waals surface area contributed by atoms with Crippen LogP contribution in [0.1, 0.15) is 81.0 Å². The first-order valence-electron chi connectivity index (χ1n) is 14.2. The molecule has 1 aliphatic heterocycles. The average molecular weight is 543 g/mol. The van der Waals surface area contributed by atoms with Crippen LogP contribution in [0.5, 0.6) is 5.88 Å². The Morgan fingerprint density at radius 3 is 2.42 bits per heavy atom. The SMILES string of the molecule is Cl.Cl.O=C(NC1C2CC3CC(C2)CC1C3)c1cnn(CCNC2CCNC2)c1OCC1CCCCC1. The highest BCUT2D eigenvalue weighted by atomic mass is 35.5. The van der Waals surface area contributed by atoms with Gasteiger partial charge in [0.2, 0.25) is 5.88 Å². The third-order valence-electron chi connectivity index (χ3n) is 9.56. The maximum absolute atomic E-state index is 13.5. The summed E-state index contributed by atoms with van der Waals surface area (Å²) in [6.45, 7) is 4.38. The summed E-state index contributed by atoms with van der Waals surface area (Å²) in [6.07, 6.45) is 16.0. The summed E-state index contributed by atoms with van der Waals surface area (Å²) in [4.78, 5) is 13.5. The molecule has 5 saturated carbocycles. The number of carbonyl (C=O) groups excluding carboxylic acids is 1. The van der Waals surface area contributed by atoms with Gasteiger partial charge in [0.25, 0.3) is 5.91 Å². The molecule has 5 aliphatic carbocycles. The van der Waals surface area contributed by atoms with Crippen molar-refractivity contribution >= 4 is 30.7 Å². The minimum Gasteiger partial charge on any atom is -0.477 e. The van der Waals surface area contributed by atoms with Crippen LogP contribution in [0.2, 0.25) is 0 Å². The Kier molecular flexibility index (Phi) is 9.87. The molecule has 0 radical (unpaired) electrons. The first kappa shape index (κ1) is 28.0. The molecule has 1 saturated heterocycles. The van der Waals surface area contributed by atoms with Gasteiger partial charge in [-0.25, -0.2) is 4.68 Å². The van der Waals surface area contributed by atoms with Crippen LogP contribution in [0.25, 0.3) is 0 Å². The van der Waals surface area contributed by atoms with Crippen LogP contribution in [0.4, 0.5) is 0 Å². The van der Waals surface area contributed by atoms with Crippen LogP contribution >= 0.6 is 24.8 Å². The van der Waals surface area contributed by atoms with Crippen molar-refractivity contribution in [3.63, 3.8) is 0 Å². The molecule has 1 amide bonds. The van der Waals surface area contributed by atoms with Gasteiger partial charge in [0.05, 0.1) is 19.3 Å². The van der Waals surface area contributed by atoms with Crippen molar-refractivity contribution in [3.05, 3.63) is 11.8 Å². The van der Waals surface area contributed by atoms with Crippen molar-refractivity contribution in [3.8, 4) is 5.88 Å². The van der Waals surface area contributed by atoms with Crippen molar-refractivity contribution in [2.24, 2.45) is 29.6 Å². The molecule has 1 aromatic rings. The lowest BCUT2D eigenvalue weighted by atomic mass is 9.54. The summed E-state index contributed by atoms with van der Waals surface area (Å²) in [5, 5.41) is 15.1. The summed E-state index contributed by atoms with van der Waals surface area (Å²) >= 11 is 0. The number of halogens is 2. The Morgan fingerprint density at radius 2 is 1.75 bits per heavy atom. The van der Waals surface area contributed by atoms with E-state index in [4.69, 9.17) is 4.74 Å². The average Bonchev–Trinajstić information content (AvgIpc) is 3.50. The van der Waals surface area contributed by atoms with Gasteiger partial charge in [-0.1, -0.05) is 19.3 Å². The second kappa shape index (κ2) is 12.7. The zero-order valence-electron chi connectivity index (χ0n) is 21.5. The Balaban J connectivity index is 0.00000152. The van der Waals surface area contributed by atoms with E-state index in [1.807, 2.05) is 4.68 Å². The van der Waals surface area contributed by atoms with E-state index in [1.165, 1.54) is 70.6 Å². The second-order valence-electron chi connectivity index (χ2n) is 12.0. The van der Waals surface area contributed by atoms with E-state index in [1.54, 1.807) is 6.20 Å². The molecule has 1 atom stereocenters. The number of hydrogen-bond donors (Lipinski definition) is 3. The van der Waals surface area contributed by atoms with E-state index in [0.717, 1.165) is 38.0 Å². The van der Waals surface area contributed by atoms with E-state index in [-0.39, 0.29) is 30.7 Å². The summed E-state index contributed by atoms with van der Waals surface area (Å²) < 4.78 is 8.32. The summed E-state index contributed by atoms with van der Waals surface area (Å²) in [6, 6.07) is 0.869. The van der Waals surface area contributed by atoms with Crippen molar-refractivity contribution in [2.75, 3.05) is 26.2 Å². The number of rotatable bonds is 9. The lowest BCUT2D eigenvalue weighted by molar-refractivity contribution is -0.0120. The van der Waals surface area contributed by atoms with Crippen molar-refractivity contribution in [2.45, 2.75) is 89.3 Å². The maximum Gasteiger partial charge on any atom is 0.258 e. The van der Waals surface area contributed by atoms with E-state index in [0.29, 0.717) is 47.9 Å². The minimum absolute atomic E-state index is 0. The number of carbonyl (C=O) groups is 1. The topological polar surface area (TPSA) is 80.2 Å². The Labute approximate surface area is 228 Å². The first-order valence-corrected chi connectivity index (χ1v) is 14.2. The van der Waals surface area contributed by atoms with Gasteiger partial charge in [-0.05, 0) is 87.5 Å². The third kappa shape index (κ3) is 6.16. The normalized spacial score (nSPS) is 33.1. The van der Waals surface area contributed by atoms with Crippen LogP contribution < -0.4 is 20.7 Å².